The molecule has 15 heavy (non-hydrogen) atoms. The molecule has 1 aromatic rings. The molecule has 0 fully saturated rings. The molecular formula is C14H16O. The van der Waals surface area contributed by atoms with Gasteiger partial charge in [-0.3, -0.25) is 4.79 Å². The summed E-state index contributed by atoms with van der Waals surface area (Å²) in [5.74, 6) is 0. The summed E-state index contributed by atoms with van der Waals surface area (Å²) in [7, 11) is 0. The third-order valence-electron chi connectivity index (χ3n) is 2.11. The Morgan fingerprint density at radius 3 is 2.20 bits per heavy atom. The fourth-order valence-corrected chi connectivity index (χ4v) is 1.36. The Morgan fingerprint density at radius 2 is 1.67 bits per heavy atom. The van der Waals surface area contributed by atoms with E-state index < -0.39 is 0 Å². The third-order valence-corrected chi connectivity index (χ3v) is 2.11. The van der Waals surface area contributed by atoms with Crippen LogP contribution in [-0.4, -0.2) is 6.29 Å². The van der Waals surface area contributed by atoms with Crippen LogP contribution in [0.25, 0.3) is 6.08 Å². The molecule has 0 saturated heterocycles. The number of hydrogen-bond acceptors (Lipinski definition) is 1. The summed E-state index contributed by atoms with van der Waals surface area (Å²) in [5.41, 5.74) is 4.25. The van der Waals surface area contributed by atoms with Gasteiger partial charge in [0.2, 0.25) is 0 Å². The molecule has 0 radical (unpaired) electrons. The Morgan fingerprint density at radius 1 is 1.07 bits per heavy atom. The second kappa shape index (κ2) is 5.30. The molecule has 0 spiro atoms. The molecule has 1 nitrogen and oxygen atoms in total. The first-order valence-corrected chi connectivity index (χ1v) is 5.00. The first kappa shape index (κ1) is 11.4. The molecule has 0 bridgehead atoms. The van der Waals surface area contributed by atoms with E-state index in [-0.39, 0.29) is 0 Å². The van der Waals surface area contributed by atoms with Gasteiger partial charge in [-0.2, -0.15) is 0 Å². The van der Waals surface area contributed by atoms with Crippen LogP contribution in [0.1, 0.15) is 25.0 Å². The number of rotatable bonds is 3. The number of carbonyl (C=O) groups excluding carboxylic acids is 1. The van der Waals surface area contributed by atoms with Crippen molar-refractivity contribution in [3.8, 4) is 0 Å². The van der Waals surface area contributed by atoms with Crippen LogP contribution >= 0.6 is 0 Å². The summed E-state index contributed by atoms with van der Waals surface area (Å²) >= 11 is 0. The lowest BCUT2D eigenvalue weighted by molar-refractivity contribution is -0.104. The second-order valence-corrected chi connectivity index (χ2v) is 3.81. The summed E-state index contributed by atoms with van der Waals surface area (Å²) in [6, 6.07) is 8.30. The van der Waals surface area contributed by atoms with E-state index in [1.807, 2.05) is 13.0 Å². The van der Waals surface area contributed by atoms with Crippen molar-refractivity contribution in [2.24, 2.45) is 0 Å². The van der Waals surface area contributed by atoms with Crippen molar-refractivity contribution >= 4 is 12.4 Å². The molecule has 0 aliphatic rings. The van der Waals surface area contributed by atoms with Gasteiger partial charge in [0.05, 0.1) is 0 Å². The number of allylic oxidation sites excluding steroid dienone is 3. The molecule has 1 rings (SSSR count). The van der Waals surface area contributed by atoms with Crippen molar-refractivity contribution in [1.82, 2.24) is 0 Å². The molecule has 78 valence electrons. The molecular weight excluding hydrogens is 184 g/mol. The summed E-state index contributed by atoms with van der Waals surface area (Å²) < 4.78 is 0. The lowest BCUT2D eigenvalue weighted by atomic mass is 10.1. The molecule has 0 aliphatic carbocycles. The quantitative estimate of drug-likeness (QED) is 0.414. The van der Waals surface area contributed by atoms with Gasteiger partial charge in [-0.25, -0.2) is 0 Å². The van der Waals surface area contributed by atoms with Crippen molar-refractivity contribution in [1.29, 1.82) is 0 Å². The molecule has 0 aromatic heterocycles. The Labute approximate surface area is 91.1 Å². The van der Waals surface area contributed by atoms with Crippen molar-refractivity contribution in [2.75, 3.05) is 0 Å². The highest BCUT2D eigenvalue weighted by Crippen LogP contribution is 2.10. The number of aldehydes is 1. The maximum atomic E-state index is 10.4. The minimum Gasteiger partial charge on any atom is -0.298 e. The summed E-state index contributed by atoms with van der Waals surface area (Å²) in [4.78, 5) is 10.4. The van der Waals surface area contributed by atoms with Gasteiger partial charge in [-0.1, -0.05) is 47.6 Å². The Kier molecular flexibility index (Phi) is 4.04. The maximum Gasteiger partial charge on any atom is 0.145 e. The number of hydrogen-bond donors (Lipinski definition) is 0. The van der Waals surface area contributed by atoms with E-state index in [1.165, 1.54) is 5.56 Å². The fraction of sp³-hybridized carbons (Fsp3) is 0.214. The van der Waals surface area contributed by atoms with Crippen LogP contribution in [0.2, 0.25) is 0 Å². The van der Waals surface area contributed by atoms with Crippen molar-refractivity contribution < 1.29 is 4.79 Å². The second-order valence-electron chi connectivity index (χ2n) is 3.81. The Balaban J connectivity index is 2.87. The van der Waals surface area contributed by atoms with E-state index in [1.54, 1.807) is 6.92 Å². The molecule has 0 N–H and O–H groups in total. The minimum atomic E-state index is 0.746. The van der Waals surface area contributed by atoms with Gasteiger partial charge in [0.15, 0.2) is 0 Å². The van der Waals surface area contributed by atoms with Gasteiger partial charge in [-0.15, -0.1) is 0 Å². The van der Waals surface area contributed by atoms with Crippen molar-refractivity contribution in [3.05, 3.63) is 52.6 Å². The Hall–Kier alpha value is -1.63. The van der Waals surface area contributed by atoms with Crippen LogP contribution < -0.4 is 0 Å². The normalized spacial score (nSPS) is 12.7. The van der Waals surface area contributed by atoms with Crippen LogP contribution in [-0.2, 0) is 4.79 Å². The highest BCUT2D eigenvalue weighted by Gasteiger charge is 1.90. The first-order valence-electron chi connectivity index (χ1n) is 5.00. The number of benzene rings is 1. The van der Waals surface area contributed by atoms with Crippen molar-refractivity contribution in [2.45, 2.75) is 20.8 Å². The standard InChI is InChI=1S/C14H16O/c1-11-4-6-14(7-5-11)9-12(2)8-13(3)10-15/h4-10H,1-3H3. The zero-order chi connectivity index (χ0) is 11.3. The molecule has 0 unspecified atom stereocenters. The van der Waals surface area contributed by atoms with E-state index in [2.05, 4.69) is 37.3 Å². The van der Waals surface area contributed by atoms with Crippen LogP contribution in [0.5, 0.6) is 0 Å². The minimum absolute atomic E-state index is 0.746. The summed E-state index contributed by atoms with van der Waals surface area (Å²) in [6.45, 7) is 5.86. The van der Waals surface area contributed by atoms with Crippen LogP contribution in [0.3, 0.4) is 0 Å². The van der Waals surface area contributed by atoms with Crippen LogP contribution in [0, 0.1) is 6.92 Å². The van der Waals surface area contributed by atoms with Crippen LogP contribution in [0.4, 0.5) is 0 Å². The lowest BCUT2D eigenvalue weighted by Gasteiger charge is -1.97. The van der Waals surface area contributed by atoms with Gasteiger partial charge in [0.1, 0.15) is 6.29 Å². The van der Waals surface area contributed by atoms with Gasteiger partial charge < -0.3 is 0 Å². The summed E-state index contributed by atoms with van der Waals surface area (Å²) in [5, 5.41) is 0. The van der Waals surface area contributed by atoms with E-state index in [9.17, 15) is 4.79 Å². The van der Waals surface area contributed by atoms with Crippen molar-refractivity contribution in [3.63, 3.8) is 0 Å². The van der Waals surface area contributed by atoms with Crippen LogP contribution in [0.15, 0.2) is 41.5 Å². The molecule has 0 heterocycles. The predicted molar refractivity (Wildman–Crippen MR) is 64.7 cm³/mol. The fourth-order valence-electron chi connectivity index (χ4n) is 1.36. The zero-order valence-electron chi connectivity index (χ0n) is 9.45. The molecule has 1 heteroatoms. The largest absolute Gasteiger partial charge is 0.298 e. The maximum absolute atomic E-state index is 10.4. The molecule has 0 amide bonds. The van der Waals surface area contributed by atoms with Gasteiger partial charge in [0.25, 0.3) is 0 Å². The third kappa shape index (κ3) is 3.94. The Bertz CT molecular complexity index is 394. The number of carbonyl (C=O) groups is 1. The molecule has 0 atom stereocenters. The number of aryl methyl sites for hydroxylation is 1. The average Bonchev–Trinajstić information content (AvgIpc) is 2.21. The zero-order valence-corrected chi connectivity index (χ0v) is 9.45. The van der Waals surface area contributed by atoms with E-state index in [0.717, 1.165) is 23.0 Å². The van der Waals surface area contributed by atoms with E-state index in [0.29, 0.717) is 0 Å². The lowest BCUT2D eigenvalue weighted by Crippen LogP contribution is -1.79. The van der Waals surface area contributed by atoms with E-state index in [4.69, 9.17) is 0 Å². The summed E-state index contributed by atoms with van der Waals surface area (Å²) in [6.07, 6.45) is 4.81. The monoisotopic (exact) mass is 200 g/mol. The molecule has 0 aliphatic heterocycles. The van der Waals surface area contributed by atoms with E-state index >= 15 is 0 Å². The van der Waals surface area contributed by atoms with Gasteiger partial charge in [0, 0.05) is 0 Å². The average molecular weight is 200 g/mol. The highest BCUT2D eigenvalue weighted by atomic mass is 16.1. The van der Waals surface area contributed by atoms with Gasteiger partial charge in [-0.05, 0) is 31.9 Å². The SMILES string of the molecule is CC(C=O)=CC(C)=Cc1ccc(C)cc1. The molecule has 0 saturated carbocycles. The highest BCUT2D eigenvalue weighted by molar-refractivity contribution is 5.74. The smallest absolute Gasteiger partial charge is 0.145 e. The molecule has 1 aromatic carbocycles. The van der Waals surface area contributed by atoms with Gasteiger partial charge >= 0.3 is 0 Å². The predicted octanol–water partition coefficient (Wildman–Crippen LogP) is 3.54. The topological polar surface area (TPSA) is 17.1 Å². The first-order chi connectivity index (χ1) is 7.11.